The number of carbonyl (C=O) groups is 1. The maximum Gasteiger partial charge on any atom is 0.255 e. The number of amides is 1. The number of pyridine rings is 1. The van der Waals surface area contributed by atoms with E-state index >= 15 is 0 Å². The van der Waals surface area contributed by atoms with Gasteiger partial charge in [0.25, 0.3) is 5.91 Å². The quantitative estimate of drug-likeness (QED) is 0.825. The summed E-state index contributed by atoms with van der Waals surface area (Å²) in [5, 5.41) is 14.5. The maximum atomic E-state index is 12.9. The van der Waals surface area contributed by atoms with Crippen molar-refractivity contribution in [3.63, 3.8) is 0 Å². The van der Waals surface area contributed by atoms with Gasteiger partial charge in [0.05, 0.1) is 22.9 Å². The van der Waals surface area contributed by atoms with E-state index < -0.39 is 6.10 Å². The van der Waals surface area contributed by atoms with E-state index in [1.807, 2.05) is 32.0 Å². The SMILES string of the molecule is Cc1ccc(C(=O)N2CC[C@]3(Cc4ccccc4CN3)[C@H](O)C2)c(C)n1. The zero-order valence-corrected chi connectivity index (χ0v) is 15.3. The van der Waals surface area contributed by atoms with E-state index in [9.17, 15) is 9.90 Å². The molecule has 2 aliphatic rings. The summed E-state index contributed by atoms with van der Waals surface area (Å²) in [4.78, 5) is 19.1. The molecule has 0 saturated carbocycles. The molecule has 1 fully saturated rings. The Morgan fingerprint density at radius 1 is 1.23 bits per heavy atom. The molecule has 2 N–H and O–H groups in total. The van der Waals surface area contributed by atoms with Gasteiger partial charge in [0.2, 0.25) is 0 Å². The van der Waals surface area contributed by atoms with Crippen molar-refractivity contribution in [1.29, 1.82) is 0 Å². The van der Waals surface area contributed by atoms with E-state index in [0.717, 1.165) is 30.8 Å². The lowest BCUT2D eigenvalue weighted by Crippen LogP contribution is -2.65. The smallest absolute Gasteiger partial charge is 0.255 e. The molecule has 1 aromatic heterocycles. The molecular formula is C21H25N3O2. The van der Waals surface area contributed by atoms with Crippen LogP contribution < -0.4 is 5.32 Å². The highest BCUT2D eigenvalue weighted by Crippen LogP contribution is 2.32. The molecule has 3 heterocycles. The molecule has 2 aromatic rings. The number of β-amino-alcohol motifs (C(OH)–C–C–N with tert-alkyl or cyclic N) is 1. The minimum atomic E-state index is -0.590. The van der Waals surface area contributed by atoms with E-state index in [-0.39, 0.29) is 11.4 Å². The van der Waals surface area contributed by atoms with Gasteiger partial charge in [-0.3, -0.25) is 9.78 Å². The zero-order chi connectivity index (χ0) is 18.3. The first-order valence-electron chi connectivity index (χ1n) is 9.22. The average Bonchev–Trinajstić information content (AvgIpc) is 2.63. The van der Waals surface area contributed by atoms with Crippen molar-refractivity contribution in [3.05, 3.63) is 64.5 Å². The Morgan fingerprint density at radius 2 is 2.00 bits per heavy atom. The molecule has 136 valence electrons. The van der Waals surface area contributed by atoms with Gasteiger partial charge in [-0.15, -0.1) is 0 Å². The fraction of sp³-hybridized carbons (Fsp3) is 0.429. The van der Waals surface area contributed by atoms with Crippen LogP contribution in [0.3, 0.4) is 0 Å². The van der Waals surface area contributed by atoms with Crippen molar-refractivity contribution in [2.45, 2.75) is 44.9 Å². The fourth-order valence-electron chi connectivity index (χ4n) is 4.23. The van der Waals surface area contributed by atoms with Crippen molar-refractivity contribution in [3.8, 4) is 0 Å². The fourth-order valence-corrected chi connectivity index (χ4v) is 4.23. The van der Waals surface area contributed by atoms with Gasteiger partial charge in [-0.05, 0) is 49.9 Å². The van der Waals surface area contributed by atoms with Crippen LogP contribution in [0.1, 0.15) is 39.3 Å². The van der Waals surface area contributed by atoms with E-state index in [1.165, 1.54) is 11.1 Å². The molecule has 1 saturated heterocycles. The number of likely N-dealkylation sites (tertiary alicyclic amines) is 1. The first kappa shape index (κ1) is 17.2. The molecule has 1 aromatic carbocycles. The Kier molecular flexibility index (Phi) is 4.29. The Morgan fingerprint density at radius 3 is 2.73 bits per heavy atom. The first-order chi connectivity index (χ1) is 12.5. The van der Waals surface area contributed by atoms with Crippen LogP contribution in [0, 0.1) is 13.8 Å². The highest BCUT2D eigenvalue weighted by atomic mass is 16.3. The minimum absolute atomic E-state index is 0.0416. The van der Waals surface area contributed by atoms with Crippen LogP contribution in [0.2, 0.25) is 0 Å². The van der Waals surface area contributed by atoms with Crippen LogP contribution in [-0.2, 0) is 13.0 Å². The summed E-state index contributed by atoms with van der Waals surface area (Å²) in [5.74, 6) is -0.0416. The van der Waals surface area contributed by atoms with Crippen LogP contribution in [0.5, 0.6) is 0 Å². The number of hydrogen-bond donors (Lipinski definition) is 2. The molecule has 2 atom stereocenters. The molecule has 26 heavy (non-hydrogen) atoms. The Bertz CT molecular complexity index is 851. The van der Waals surface area contributed by atoms with Gasteiger partial charge in [-0.1, -0.05) is 24.3 Å². The number of hydrogen-bond acceptors (Lipinski definition) is 4. The van der Waals surface area contributed by atoms with Crippen molar-refractivity contribution < 1.29 is 9.90 Å². The summed E-state index contributed by atoms with van der Waals surface area (Å²) in [5.41, 5.74) is 4.52. The highest BCUT2D eigenvalue weighted by molar-refractivity contribution is 5.95. The zero-order valence-electron chi connectivity index (χ0n) is 15.3. The third-order valence-corrected chi connectivity index (χ3v) is 5.86. The van der Waals surface area contributed by atoms with Gasteiger partial charge in [-0.2, -0.15) is 0 Å². The van der Waals surface area contributed by atoms with Crippen molar-refractivity contribution in [2.24, 2.45) is 0 Å². The number of nitrogens with zero attached hydrogens (tertiary/aromatic N) is 2. The van der Waals surface area contributed by atoms with Crippen LogP contribution in [0.25, 0.3) is 0 Å². The summed E-state index contributed by atoms with van der Waals surface area (Å²) in [6.45, 7) is 5.53. The number of rotatable bonds is 1. The average molecular weight is 351 g/mol. The van der Waals surface area contributed by atoms with E-state index in [0.29, 0.717) is 18.7 Å². The number of aryl methyl sites for hydroxylation is 2. The lowest BCUT2D eigenvalue weighted by atomic mass is 9.76. The van der Waals surface area contributed by atoms with Crippen molar-refractivity contribution in [2.75, 3.05) is 13.1 Å². The lowest BCUT2D eigenvalue weighted by Gasteiger charge is -2.48. The molecule has 4 rings (SSSR count). The molecule has 1 spiro atoms. The second kappa shape index (κ2) is 6.49. The van der Waals surface area contributed by atoms with Crippen molar-refractivity contribution >= 4 is 5.91 Å². The number of aromatic nitrogens is 1. The minimum Gasteiger partial charge on any atom is -0.389 e. The van der Waals surface area contributed by atoms with Crippen LogP contribution in [0.4, 0.5) is 0 Å². The number of nitrogens with one attached hydrogen (secondary N) is 1. The number of benzene rings is 1. The Hall–Kier alpha value is -2.24. The van der Waals surface area contributed by atoms with Gasteiger partial charge in [0.15, 0.2) is 0 Å². The first-order valence-corrected chi connectivity index (χ1v) is 9.22. The summed E-state index contributed by atoms with van der Waals surface area (Å²) < 4.78 is 0. The van der Waals surface area contributed by atoms with E-state index in [4.69, 9.17) is 0 Å². The summed E-state index contributed by atoms with van der Waals surface area (Å²) >= 11 is 0. The van der Waals surface area contributed by atoms with E-state index in [2.05, 4.69) is 28.5 Å². The predicted molar refractivity (Wildman–Crippen MR) is 100.0 cm³/mol. The molecule has 5 nitrogen and oxygen atoms in total. The van der Waals surface area contributed by atoms with Crippen molar-refractivity contribution in [1.82, 2.24) is 15.2 Å². The Labute approximate surface area is 154 Å². The van der Waals surface area contributed by atoms with Crippen LogP contribution in [-0.4, -0.2) is 45.6 Å². The number of piperidine rings is 1. The van der Waals surface area contributed by atoms with Gasteiger partial charge in [0.1, 0.15) is 0 Å². The van der Waals surface area contributed by atoms with Gasteiger partial charge < -0.3 is 15.3 Å². The van der Waals surface area contributed by atoms with Crippen LogP contribution >= 0.6 is 0 Å². The molecule has 5 heteroatoms. The predicted octanol–water partition coefficient (Wildman–Crippen LogP) is 1.99. The topological polar surface area (TPSA) is 65.5 Å². The standard InChI is InChI=1S/C21H25N3O2/c1-14-7-8-18(15(2)23-14)20(26)24-10-9-21(19(25)13-24)11-16-5-3-4-6-17(16)12-22-21/h3-8,19,22,25H,9-13H2,1-2H3/t19-,21+/m1/s1. The number of carbonyl (C=O) groups excluding carboxylic acids is 1. The molecule has 0 unspecified atom stereocenters. The van der Waals surface area contributed by atoms with Gasteiger partial charge in [0, 0.05) is 25.3 Å². The molecule has 0 radical (unpaired) electrons. The third kappa shape index (κ3) is 2.91. The Balaban J connectivity index is 1.51. The summed E-state index contributed by atoms with van der Waals surface area (Å²) in [7, 11) is 0. The molecular weight excluding hydrogens is 326 g/mol. The highest BCUT2D eigenvalue weighted by Gasteiger charge is 2.45. The molecule has 0 bridgehead atoms. The second-order valence-corrected chi connectivity index (χ2v) is 7.56. The van der Waals surface area contributed by atoms with E-state index in [1.54, 1.807) is 4.90 Å². The second-order valence-electron chi connectivity index (χ2n) is 7.56. The lowest BCUT2D eigenvalue weighted by molar-refractivity contribution is -0.0138. The number of aliphatic hydroxyl groups excluding tert-OH is 1. The largest absolute Gasteiger partial charge is 0.389 e. The third-order valence-electron chi connectivity index (χ3n) is 5.86. The van der Waals surface area contributed by atoms with Gasteiger partial charge in [-0.25, -0.2) is 0 Å². The van der Waals surface area contributed by atoms with Gasteiger partial charge >= 0.3 is 0 Å². The maximum absolute atomic E-state index is 12.9. The summed E-state index contributed by atoms with van der Waals surface area (Å²) in [6.07, 6.45) is 0.955. The number of aliphatic hydroxyl groups is 1. The monoisotopic (exact) mass is 351 g/mol. The van der Waals surface area contributed by atoms with Crippen LogP contribution in [0.15, 0.2) is 36.4 Å². The molecule has 2 aliphatic heterocycles. The molecule has 0 aliphatic carbocycles. The normalized spacial score (nSPS) is 25.2. The molecule has 1 amide bonds. The number of fused-ring (bicyclic) bond motifs is 1. The summed E-state index contributed by atoms with van der Waals surface area (Å²) in [6, 6.07) is 12.1.